The number of benzene rings is 2. The molecule has 0 saturated heterocycles. The van der Waals surface area contributed by atoms with Gasteiger partial charge < -0.3 is 20.4 Å². The summed E-state index contributed by atoms with van der Waals surface area (Å²) in [4.78, 5) is 38.3. The molecular weight excluding hydrogens is 370 g/mol. The third-order valence-corrected chi connectivity index (χ3v) is 4.56. The largest absolute Gasteiger partial charge is 0.468 e. The van der Waals surface area contributed by atoms with Gasteiger partial charge in [-0.25, -0.2) is 0 Å². The number of anilines is 1. The lowest BCUT2D eigenvalue weighted by Crippen LogP contribution is -2.31. The Morgan fingerprint density at radius 2 is 1.76 bits per heavy atom. The first kappa shape index (κ1) is 20.1. The summed E-state index contributed by atoms with van der Waals surface area (Å²) in [6.07, 6.45) is 3.11. The maximum atomic E-state index is 12.3. The minimum atomic E-state index is -0.496. The van der Waals surface area contributed by atoms with E-state index in [4.69, 9.17) is 0 Å². The van der Waals surface area contributed by atoms with Crippen molar-refractivity contribution in [2.24, 2.45) is 0 Å². The average Bonchev–Trinajstić information content (AvgIpc) is 3.15. The number of ether oxygens (including phenoxy) is 1. The van der Waals surface area contributed by atoms with E-state index in [9.17, 15) is 14.4 Å². The summed E-state index contributed by atoms with van der Waals surface area (Å²) in [7, 11) is 1.27. The number of hydrogen-bond donors (Lipinski definition) is 3. The first-order valence-electron chi connectivity index (χ1n) is 9.32. The average molecular weight is 393 g/mol. The molecule has 0 fully saturated rings. The Hall–Kier alpha value is -3.61. The quantitative estimate of drug-likeness (QED) is 0.512. The number of fused-ring (bicyclic) bond motifs is 1. The van der Waals surface area contributed by atoms with Crippen LogP contribution in [0.3, 0.4) is 0 Å². The van der Waals surface area contributed by atoms with E-state index in [1.807, 2.05) is 30.5 Å². The summed E-state index contributed by atoms with van der Waals surface area (Å²) in [6, 6.07) is 15.1. The Morgan fingerprint density at radius 3 is 2.52 bits per heavy atom. The molecule has 0 spiro atoms. The number of para-hydroxylation sites is 1. The summed E-state index contributed by atoms with van der Waals surface area (Å²) in [5, 5.41) is 6.49. The molecule has 29 heavy (non-hydrogen) atoms. The van der Waals surface area contributed by atoms with Crippen LogP contribution in [0.15, 0.2) is 54.7 Å². The van der Waals surface area contributed by atoms with Crippen molar-refractivity contribution in [3.8, 4) is 0 Å². The second kappa shape index (κ2) is 9.54. The topological polar surface area (TPSA) is 100 Å². The number of carbonyl (C=O) groups is 3. The van der Waals surface area contributed by atoms with Gasteiger partial charge in [-0.1, -0.05) is 30.3 Å². The zero-order valence-corrected chi connectivity index (χ0v) is 16.2. The molecule has 2 aromatic carbocycles. The molecule has 7 nitrogen and oxygen atoms in total. The van der Waals surface area contributed by atoms with Crippen molar-refractivity contribution in [1.82, 2.24) is 10.3 Å². The number of carbonyl (C=O) groups excluding carboxylic acids is 3. The smallest absolute Gasteiger partial charge is 0.325 e. The molecule has 150 valence electrons. The van der Waals surface area contributed by atoms with Crippen molar-refractivity contribution in [1.29, 1.82) is 0 Å². The van der Waals surface area contributed by atoms with Gasteiger partial charge in [0, 0.05) is 29.2 Å². The van der Waals surface area contributed by atoms with Gasteiger partial charge in [-0.15, -0.1) is 0 Å². The van der Waals surface area contributed by atoms with Gasteiger partial charge in [-0.3, -0.25) is 14.4 Å². The predicted molar refractivity (Wildman–Crippen MR) is 110 cm³/mol. The number of hydrogen-bond acceptors (Lipinski definition) is 4. The number of aromatic amines is 1. The van der Waals surface area contributed by atoms with Crippen molar-refractivity contribution in [2.45, 2.75) is 19.3 Å². The molecule has 0 aliphatic rings. The third-order valence-electron chi connectivity index (χ3n) is 4.56. The summed E-state index contributed by atoms with van der Waals surface area (Å²) in [5.74, 6) is -0.839. The molecule has 0 unspecified atom stereocenters. The zero-order valence-electron chi connectivity index (χ0n) is 16.2. The first-order chi connectivity index (χ1) is 14.0. The number of esters is 1. The highest BCUT2D eigenvalue weighted by molar-refractivity contribution is 5.91. The number of rotatable bonds is 8. The predicted octanol–water partition coefficient (Wildman–Crippen LogP) is 2.57. The van der Waals surface area contributed by atoms with E-state index in [1.54, 1.807) is 24.3 Å². The van der Waals surface area contributed by atoms with Crippen LogP contribution in [0.4, 0.5) is 5.69 Å². The van der Waals surface area contributed by atoms with Crippen molar-refractivity contribution in [2.75, 3.05) is 19.0 Å². The zero-order chi connectivity index (χ0) is 20.6. The molecule has 0 atom stereocenters. The second-order valence-electron chi connectivity index (χ2n) is 6.63. The minimum absolute atomic E-state index is 0.0705. The highest BCUT2D eigenvalue weighted by Gasteiger charge is 2.09. The van der Waals surface area contributed by atoms with E-state index in [0.29, 0.717) is 18.5 Å². The molecule has 3 rings (SSSR count). The number of nitrogens with one attached hydrogen (secondary N) is 3. The molecule has 2 amide bonds. The highest BCUT2D eigenvalue weighted by Crippen LogP contribution is 2.19. The van der Waals surface area contributed by atoms with Crippen LogP contribution in [0.2, 0.25) is 0 Å². The Kier molecular flexibility index (Phi) is 6.63. The van der Waals surface area contributed by atoms with E-state index < -0.39 is 5.97 Å². The minimum Gasteiger partial charge on any atom is -0.468 e. The first-order valence-corrected chi connectivity index (χ1v) is 9.32. The number of aromatic nitrogens is 1. The Labute approximate surface area is 168 Å². The third kappa shape index (κ3) is 5.68. The Morgan fingerprint density at radius 1 is 1.00 bits per heavy atom. The fourth-order valence-corrected chi connectivity index (χ4v) is 3.01. The monoisotopic (exact) mass is 393 g/mol. The van der Waals surface area contributed by atoms with Crippen LogP contribution < -0.4 is 10.6 Å². The van der Waals surface area contributed by atoms with E-state index in [1.165, 1.54) is 7.11 Å². The SMILES string of the molecule is COC(=O)CNC(=O)Cc1ccc(NC(=O)CCc2c[nH]c3ccccc23)cc1. The fraction of sp³-hybridized carbons (Fsp3) is 0.227. The Bertz CT molecular complexity index is 1010. The van der Waals surface area contributed by atoms with Gasteiger partial charge in [0.15, 0.2) is 0 Å². The van der Waals surface area contributed by atoms with Crippen molar-refractivity contribution in [3.05, 3.63) is 65.9 Å². The molecule has 0 aliphatic heterocycles. The number of methoxy groups -OCH3 is 1. The van der Waals surface area contributed by atoms with E-state index in [0.717, 1.165) is 22.0 Å². The van der Waals surface area contributed by atoms with Crippen LogP contribution in [0.25, 0.3) is 10.9 Å². The van der Waals surface area contributed by atoms with Crippen molar-refractivity contribution >= 4 is 34.4 Å². The van der Waals surface area contributed by atoms with Gasteiger partial charge in [0.05, 0.1) is 13.5 Å². The fourth-order valence-electron chi connectivity index (χ4n) is 3.01. The summed E-state index contributed by atoms with van der Waals surface area (Å²) >= 11 is 0. The van der Waals surface area contributed by atoms with Gasteiger partial charge >= 0.3 is 5.97 Å². The van der Waals surface area contributed by atoms with Crippen LogP contribution >= 0.6 is 0 Å². The van der Waals surface area contributed by atoms with Crippen LogP contribution in [-0.2, 0) is 32.0 Å². The summed E-state index contributed by atoms with van der Waals surface area (Å²) in [6.45, 7) is -0.153. The molecule has 0 saturated carbocycles. The lowest BCUT2D eigenvalue weighted by atomic mass is 10.1. The normalized spacial score (nSPS) is 10.5. The van der Waals surface area contributed by atoms with Gasteiger partial charge in [0.1, 0.15) is 6.54 Å². The van der Waals surface area contributed by atoms with E-state index >= 15 is 0 Å². The molecular formula is C22H23N3O4. The maximum absolute atomic E-state index is 12.3. The maximum Gasteiger partial charge on any atom is 0.325 e. The molecule has 3 aromatic rings. The van der Waals surface area contributed by atoms with Gasteiger partial charge in [0.25, 0.3) is 0 Å². The molecule has 0 bridgehead atoms. The molecule has 7 heteroatoms. The number of aryl methyl sites for hydroxylation is 1. The second-order valence-corrected chi connectivity index (χ2v) is 6.63. The summed E-state index contributed by atoms with van der Waals surface area (Å²) < 4.78 is 4.47. The van der Waals surface area contributed by atoms with Crippen LogP contribution in [0.1, 0.15) is 17.5 Å². The van der Waals surface area contributed by atoms with Crippen LogP contribution in [0, 0.1) is 0 Å². The molecule has 0 aliphatic carbocycles. The number of H-pyrrole nitrogens is 1. The molecule has 1 heterocycles. The number of amides is 2. The van der Waals surface area contributed by atoms with E-state index in [2.05, 4.69) is 20.4 Å². The van der Waals surface area contributed by atoms with Gasteiger partial charge in [0.2, 0.25) is 11.8 Å². The van der Waals surface area contributed by atoms with Crippen LogP contribution in [0.5, 0.6) is 0 Å². The molecule has 3 N–H and O–H groups in total. The van der Waals surface area contributed by atoms with Gasteiger partial charge in [-0.2, -0.15) is 0 Å². The van der Waals surface area contributed by atoms with E-state index in [-0.39, 0.29) is 24.8 Å². The lowest BCUT2D eigenvalue weighted by Gasteiger charge is -2.07. The highest BCUT2D eigenvalue weighted by atomic mass is 16.5. The molecule has 1 aromatic heterocycles. The standard InChI is InChI=1S/C22H23N3O4/c1-29-22(28)14-24-21(27)12-15-6-9-17(10-7-15)25-20(26)11-8-16-13-23-19-5-3-2-4-18(16)19/h2-7,9-10,13,23H,8,11-12,14H2,1H3,(H,24,27)(H,25,26). The van der Waals surface area contributed by atoms with Crippen molar-refractivity contribution in [3.63, 3.8) is 0 Å². The van der Waals surface area contributed by atoms with Gasteiger partial charge in [-0.05, 0) is 35.7 Å². The lowest BCUT2D eigenvalue weighted by molar-refractivity contribution is -0.141. The van der Waals surface area contributed by atoms with Crippen molar-refractivity contribution < 1.29 is 19.1 Å². The molecule has 0 radical (unpaired) electrons. The van der Waals surface area contributed by atoms with Crippen LogP contribution in [-0.4, -0.2) is 36.4 Å². The Balaban J connectivity index is 1.47. The summed E-state index contributed by atoms with van der Waals surface area (Å²) in [5.41, 5.74) is 3.63.